The number of nitrogens with zero attached hydrogens (tertiary/aromatic N) is 4. The fourth-order valence-electron chi connectivity index (χ4n) is 3.27. The van der Waals surface area contributed by atoms with Crippen molar-refractivity contribution >= 4 is 35.8 Å². The largest absolute Gasteiger partial charge is 0.490 e. The van der Waals surface area contributed by atoms with E-state index in [9.17, 15) is 0 Å². The lowest BCUT2D eigenvalue weighted by Crippen LogP contribution is -2.17. The van der Waals surface area contributed by atoms with Crippen LogP contribution in [-0.2, 0) is 13.2 Å². The van der Waals surface area contributed by atoms with Gasteiger partial charge >= 0.3 is 0 Å². The first kappa shape index (κ1) is 26.8. The zero-order chi connectivity index (χ0) is 23.6. The lowest BCUT2D eigenvalue weighted by Gasteiger charge is -2.14. The summed E-state index contributed by atoms with van der Waals surface area (Å²) in [4.78, 5) is 0. The summed E-state index contributed by atoms with van der Waals surface area (Å²) in [5.74, 6) is 2.27. The Hall–Kier alpha value is -2.78. The number of halogens is 2. The van der Waals surface area contributed by atoms with E-state index in [2.05, 4.69) is 20.8 Å². The number of ether oxygens (including phenoxy) is 2. The summed E-state index contributed by atoms with van der Waals surface area (Å²) >= 11 is 7.85. The Bertz CT molecular complexity index is 1190. The third kappa shape index (κ3) is 7.60. The first-order chi connectivity index (χ1) is 16.7. The monoisotopic (exact) mass is 531 g/mol. The molecule has 0 saturated carbocycles. The molecule has 0 amide bonds. The fourth-order valence-corrected chi connectivity index (χ4v) is 4.25. The van der Waals surface area contributed by atoms with Gasteiger partial charge in [-0.15, -0.1) is 17.5 Å². The molecule has 0 atom stereocenters. The molecule has 0 radical (unpaired) electrons. The van der Waals surface area contributed by atoms with Crippen molar-refractivity contribution in [3.8, 4) is 17.2 Å². The molecule has 0 aliphatic rings. The number of nitrogens with one attached hydrogen (secondary N) is 1. The summed E-state index contributed by atoms with van der Waals surface area (Å²) in [5.41, 5.74) is 3.00. The number of benzene rings is 3. The summed E-state index contributed by atoms with van der Waals surface area (Å²) in [7, 11) is 0. The minimum atomic E-state index is 0. The van der Waals surface area contributed by atoms with Gasteiger partial charge in [0, 0.05) is 29.4 Å². The molecule has 0 unspecified atom stereocenters. The summed E-state index contributed by atoms with van der Waals surface area (Å²) in [6.45, 7) is 4.43. The first-order valence-electron chi connectivity index (χ1n) is 11.0. The van der Waals surface area contributed by atoms with E-state index >= 15 is 0 Å². The van der Waals surface area contributed by atoms with Crippen LogP contribution in [0.15, 0.2) is 78.0 Å². The van der Waals surface area contributed by atoms with Crippen LogP contribution in [0, 0.1) is 0 Å². The van der Waals surface area contributed by atoms with Crippen LogP contribution in [-0.4, -0.2) is 39.1 Å². The van der Waals surface area contributed by atoms with Crippen LogP contribution in [0.5, 0.6) is 11.5 Å². The van der Waals surface area contributed by atoms with Crippen molar-refractivity contribution in [3.05, 3.63) is 88.9 Å². The number of rotatable bonds is 12. The molecule has 0 spiro atoms. The molecule has 35 heavy (non-hydrogen) atoms. The molecule has 0 bridgehead atoms. The normalized spacial score (nSPS) is 10.6. The van der Waals surface area contributed by atoms with E-state index in [1.165, 1.54) is 0 Å². The van der Waals surface area contributed by atoms with Crippen LogP contribution in [0.25, 0.3) is 5.69 Å². The predicted molar refractivity (Wildman–Crippen MR) is 142 cm³/mol. The second-order valence-electron chi connectivity index (χ2n) is 7.33. The number of hydrogen-bond donors (Lipinski definition) is 1. The summed E-state index contributed by atoms with van der Waals surface area (Å²) in [6, 6.07) is 23.5. The third-order valence-electron chi connectivity index (χ3n) is 4.93. The molecule has 0 fully saturated rings. The maximum absolute atomic E-state index is 6.24. The molecule has 1 aromatic heterocycles. The SMILES string of the molecule is CCOc1cc(CNCCSc2nnnn2-c2ccccc2)ccc1OCc1ccccc1Cl.Cl. The molecule has 10 heteroatoms. The molecule has 0 aliphatic carbocycles. The second-order valence-corrected chi connectivity index (χ2v) is 8.80. The molecule has 4 aromatic rings. The highest BCUT2D eigenvalue weighted by molar-refractivity contribution is 7.99. The number of thioether (sulfide) groups is 1. The van der Waals surface area contributed by atoms with E-state index in [1.807, 2.05) is 79.7 Å². The molecule has 0 aliphatic heterocycles. The van der Waals surface area contributed by atoms with E-state index in [0.29, 0.717) is 24.0 Å². The molecule has 184 valence electrons. The van der Waals surface area contributed by atoms with E-state index in [4.69, 9.17) is 21.1 Å². The Morgan fingerprint density at radius 2 is 1.77 bits per heavy atom. The molecular weight excluding hydrogens is 505 g/mol. The summed E-state index contributed by atoms with van der Waals surface area (Å²) in [6.07, 6.45) is 0. The molecular formula is C25H27Cl2N5O2S. The topological polar surface area (TPSA) is 74.1 Å². The van der Waals surface area contributed by atoms with Crippen molar-refractivity contribution in [3.63, 3.8) is 0 Å². The van der Waals surface area contributed by atoms with Gasteiger partial charge in [-0.25, -0.2) is 0 Å². The van der Waals surface area contributed by atoms with Crippen LogP contribution in [0.3, 0.4) is 0 Å². The average molecular weight is 532 g/mol. The molecule has 7 nitrogen and oxygen atoms in total. The lowest BCUT2D eigenvalue weighted by atomic mass is 10.2. The van der Waals surface area contributed by atoms with Crippen LogP contribution < -0.4 is 14.8 Å². The van der Waals surface area contributed by atoms with Crippen molar-refractivity contribution < 1.29 is 9.47 Å². The van der Waals surface area contributed by atoms with Crippen LogP contribution in [0.1, 0.15) is 18.1 Å². The minimum Gasteiger partial charge on any atom is -0.490 e. The zero-order valence-corrected chi connectivity index (χ0v) is 21.7. The van der Waals surface area contributed by atoms with Gasteiger partial charge in [-0.2, -0.15) is 4.68 Å². The van der Waals surface area contributed by atoms with Crippen molar-refractivity contribution in [2.75, 3.05) is 18.9 Å². The number of tetrazole rings is 1. The first-order valence-corrected chi connectivity index (χ1v) is 12.4. The highest BCUT2D eigenvalue weighted by atomic mass is 35.5. The summed E-state index contributed by atoms with van der Waals surface area (Å²) < 4.78 is 13.6. The van der Waals surface area contributed by atoms with Crippen LogP contribution in [0.4, 0.5) is 0 Å². The van der Waals surface area contributed by atoms with E-state index in [0.717, 1.165) is 46.6 Å². The highest BCUT2D eigenvalue weighted by Crippen LogP contribution is 2.30. The quantitative estimate of drug-likeness (QED) is 0.188. The van der Waals surface area contributed by atoms with Gasteiger partial charge in [0.25, 0.3) is 0 Å². The molecule has 0 saturated heterocycles. The van der Waals surface area contributed by atoms with E-state index in [-0.39, 0.29) is 12.4 Å². The van der Waals surface area contributed by atoms with Crippen molar-refractivity contribution in [1.82, 2.24) is 25.5 Å². The van der Waals surface area contributed by atoms with Gasteiger partial charge in [-0.05, 0) is 53.2 Å². The Balaban J connectivity index is 0.00000342. The van der Waals surface area contributed by atoms with Crippen LogP contribution >= 0.6 is 35.8 Å². The Morgan fingerprint density at radius 1 is 0.971 bits per heavy atom. The van der Waals surface area contributed by atoms with Crippen molar-refractivity contribution in [2.24, 2.45) is 0 Å². The Morgan fingerprint density at radius 3 is 2.57 bits per heavy atom. The maximum Gasteiger partial charge on any atom is 0.214 e. The van der Waals surface area contributed by atoms with E-state index < -0.39 is 0 Å². The van der Waals surface area contributed by atoms with Gasteiger partial charge in [0.15, 0.2) is 11.5 Å². The summed E-state index contributed by atoms with van der Waals surface area (Å²) in [5, 5.41) is 17.0. The number of para-hydroxylation sites is 1. The average Bonchev–Trinajstić information content (AvgIpc) is 3.33. The Kier molecular flexibility index (Phi) is 10.7. The van der Waals surface area contributed by atoms with E-state index in [1.54, 1.807) is 16.4 Å². The predicted octanol–water partition coefficient (Wildman–Crippen LogP) is 5.60. The van der Waals surface area contributed by atoms with Crippen molar-refractivity contribution in [2.45, 2.75) is 25.2 Å². The molecule has 4 rings (SSSR count). The van der Waals surface area contributed by atoms with Crippen LogP contribution in [0.2, 0.25) is 5.02 Å². The number of aromatic nitrogens is 4. The lowest BCUT2D eigenvalue weighted by molar-refractivity contribution is 0.269. The van der Waals surface area contributed by atoms with Gasteiger partial charge in [0.1, 0.15) is 6.61 Å². The number of hydrogen-bond acceptors (Lipinski definition) is 7. The molecule has 1 N–H and O–H groups in total. The highest BCUT2D eigenvalue weighted by Gasteiger charge is 2.10. The standard InChI is InChI=1S/C25H26ClN5O2S.ClH/c1-2-32-24-16-19(12-13-23(24)33-18-20-8-6-7-11-22(20)26)17-27-14-15-34-25-28-29-30-31(25)21-9-4-3-5-10-21;/h3-13,16,27H,2,14-15,17-18H2,1H3;1H. The zero-order valence-electron chi connectivity index (χ0n) is 19.3. The van der Waals surface area contributed by atoms with Gasteiger partial charge in [-0.3, -0.25) is 0 Å². The molecule has 1 heterocycles. The van der Waals surface area contributed by atoms with Gasteiger partial charge in [0.05, 0.1) is 12.3 Å². The van der Waals surface area contributed by atoms with Crippen molar-refractivity contribution in [1.29, 1.82) is 0 Å². The smallest absolute Gasteiger partial charge is 0.214 e. The van der Waals surface area contributed by atoms with Gasteiger partial charge in [-0.1, -0.05) is 65.8 Å². The fraction of sp³-hybridized carbons (Fsp3) is 0.240. The van der Waals surface area contributed by atoms with Gasteiger partial charge in [0.2, 0.25) is 5.16 Å². The Labute approximate surface area is 220 Å². The third-order valence-corrected chi connectivity index (χ3v) is 6.22. The maximum atomic E-state index is 6.24. The second kappa shape index (κ2) is 13.9. The van der Waals surface area contributed by atoms with Gasteiger partial charge < -0.3 is 14.8 Å². The minimum absolute atomic E-state index is 0. The molecule has 3 aromatic carbocycles.